The summed E-state index contributed by atoms with van der Waals surface area (Å²) in [6.45, 7) is 7.29. The van der Waals surface area contributed by atoms with E-state index in [2.05, 4.69) is 20.8 Å². The summed E-state index contributed by atoms with van der Waals surface area (Å²) in [5, 5.41) is 10.2. The van der Waals surface area contributed by atoms with Crippen LogP contribution in [0.1, 0.15) is 88.9 Å². The molecule has 0 bridgehead atoms. The van der Waals surface area contributed by atoms with Crippen LogP contribution >= 0.6 is 0 Å². The molecule has 0 amide bonds. The van der Waals surface area contributed by atoms with Crippen molar-refractivity contribution in [3.63, 3.8) is 0 Å². The van der Waals surface area contributed by atoms with Crippen molar-refractivity contribution in [2.75, 3.05) is 13.2 Å². The Balaban J connectivity index is 1.93. The molecule has 2 atom stereocenters. The van der Waals surface area contributed by atoms with Gasteiger partial charge in [0.25, 0.3) is 0 Å². The molecule has 0 fully saturated rings. The number of esters is 1. The molecule has 2 rings (SSSR count). The SMILES string of the molecule is CCCCCCC[C@H](O)CCCOc1ccc(-c2ccccc2)c(C(=O)OCC(C)CC)c1. The van der Waals surface area contributed by atoms with E-state index in [1.54, 1.807) is 6.07 Å². The monoisotopic (exact) mass is 454 g/mol. The van der Waals surface area contributed by atoms with Gasteiger partial charge in [-0.15, -0.1) is 0 Å². The first-order valence-electron chi connectivity index (χ1n) is 12.7. The average molecular weight is 455 g/mol. The van der Waals surface area contributed by atoms with Crippen LogP contribution in [0.3, 0.4) is 0 Å². The molecule has 1 N–H and O–H groups in total. The van der Waals surface area contributed by atoms with Gasteiger partial charge in [-0.05, 0) is 54.5 Å². The van der Waals surface area contributed by atoms with Crippen LogP contribution in [-0.2, 0) is 4.74 Å². The number of rotatable bonds is 16. The minimum absolute atomic E-state index is 0.262. The van der Waals surface area contributed by atoms with Crippen molar-refractivity contribution in [1.82, 2.24) is 0 Å². The Morgan fingerprint density at radius 1 is 0.939 bits per heavy atom. The summed E-state index contributed by atoms with van der Waals surface area (Å²) >= 11 is 0. The van der Waals surface area contributed by atoms with Crippen LogP contribution in [0.25, 0.3) is 11.1 Å². The van der Waals surface area contributed by atoms with Crippen molar-refractivity contribution in [3.05, 3.63) is 54.1 Å². The lowest BCUT2D eigenvalue weighted by Gasteiger charge is -2.15. The fourth-order valence-corrected chi connectivity index (χ4v) is 3.70. The maximum atomic E-state index is 12.9. The normalized spacial score (nSPS) is 12.8. The number of carbonyl (C=O) groups excluding carboxylic acids is 1. The van der Waals surface area contributed by atoms with Crippen LogP contribution in [0.2, 0.25) is 0 Å². The first-order chi connectivity index (χ1) is 16.0. The van der Waals surface area contributed by atoms with Crippen molar-refractivity contribution in [3.8, 4) is 16.9 Å². The maximum absolute atomic E-state index is 12.9. The van der Waals surface area contributed by atoms with E-state index in [0.29, 0.717) is 30.4 Å². The molecule has 0 aromatic heterocycles. The highest BCUT2D eigenvalue weighted by Gasteiger charge is 2.17. The number of aliphatic hydroxyl groups excluding tert-OH is 1. The van der Waals surface area contributed by atoms with E-state index >= 15 is 0 Å². The second-order valence-electron chi connectivity index (χ2n) is 9.03. The molecule has 0 saturated carbocycles. The Morgan fingerprint density at radius 3 is 2.39 bits per heavy atom. The standard InChI is InChI=1S/C29H42O4/c1-4-6-7-8-12-16-25(30)17-13-20-32-26-18-19-27(24-14-10-9-11-15-24)28(21-26)29(31)33-22-23(3)5-2/h9-11,14-15,18-19,21,23,25,30H,4-8,12-13,16-17,20,22H2,1-3H3/t23?,25-/m0/s1. The van der Waals surface area contributed by atoms with Gasteiger partial charge in [-0.2, -0.15) is 0 Å². The molecule has 0 heterocycles. The Kier molecular flexibility index (Phi) is 12.6. The van der Waals surface area contributed by atoms with E-state index in [4.69, 9.17) is 9.47 Å². The third kappa shape index (κ3) is 10.00. The predicted octanol–water partition coefficient (Wildman–Crippen LogP) is 7.44. The van der Waals surface area contributed by atoms with Crippen LogP contribution in [0.4, 0.5) is 0 Å². The van der Waals surface area contributed by atoms with Crippen molar-refractivity contribution >= 4 is 5.97 Å². The van der Waals surface area contributed by atoms with Gasteiger partial charge in [0.15, 0.2) is 0 Å². The first-order valence-corrected chi connectivity index (χ1v) is 12.7. The third-order valence-electron chi connectivity index (χ3n) is 6.08. The van der Waals surface area contributed by atoms with Gasteiger partial charge in [-0.25, -0.2) is 4.79 Å². The summed E-state index contributed by atoms with van der Waals surface area (Å²) in [7, 11) is 0. The van der Waals surface area contributed by atoms with Crippen molar-refractivity contribution < 1.29 is 19.4 Å². The average Bonchev–Trinajstić information content (AvgIpc) is 2.85. The van der Waals surface area contributed by atoms with Gasteiger partial charge >= 0.3 is 5.97 Å². The minimum Gasteiger partial charge on any atom is -0.494 e. The summed E-state index contributed by atoms with van der Waals surface area (Å²) in [5.74, 6) is 0.656. The highest BCUT2D eigenvalue weighted by atomic mass is 16.5. The second-order valence-corrected chi connectivity index (χ2v) is 9.03. The fraction of sp³-hybridized carbons (Fsp3) is 0.552. The molecule has 0 radical (unpaired) electrons. The Labute approximate surface area is 200 Å². The predicted molar refractivity (Wildman–Crippen MR) is 136 cm³/mol. The zero-order valence-corrected chi connectivity index (χ0v) is 20.7. The van der Waals surface area contributed by atoms with E-state index in [-0.39, 0.29) is 12.1 Å². The van der Waals surface area contributed by atoms with Crippen molar-refractivity contribution in [1.29, 1.82) is 0 Å². The van der Waals surface area contributed by atoms with E-state index in [1.807, 2.05) is 42.5 Å². The molecule has 0 saturated heterocycles. The number of carbonyl (C=O) groups is 1. The maximum Gasteiger partial charge on any atom is 0.338 e. The minimum atomic E-state index is -0.321. The Morgan fingerprint density at radius 2 is 1.67 bits per heavy atom. The van der Waals surface area contributed by atoms with Gasteiger partial charge < -0.3 is 14.6 Å². The number of hydrogen-bond acceptors (Lipinski definition) is 4. The van der Waals surface area contributed by atoms with Gasteiger partial charge in [0, 0.05) is 0 Å². The first kappa shape index (κ1) is 26.9. The van der Waals surface area contributed by atoms with Gasteiger partial charge in [0.1, 0.15) is 5.75 Å². The Hall–Kier alpha value is -2.33. The van der Waals surface area contributed by atoms with Crippen molar-refractivity contribution in [2.24, 2.45) is 5.92 Å². The fourth-order valence-electron chi connectivity index (χ4n) is 3.70. The summed E-state index contributed by atoms with van der Waals surface area (Å²) in [6, 6.07) is 15.5. The van der Waals surface area contributed by atoms with Crippen LogP contribution in [0.5, 0.6) is 5.75 Å². The topological polar surface area (TPSA) is 55.8 Å². The molecule has 33 heavy (non-hydrogen) atoms. The number of hydrogen-bond donors (Lipinski definition) is 1. The zero-order valence-electron chi connectivity index (χ0n) is 20.7. The van der Waals surface area contributed by atoms with E-state index in [1.165, 1.54) is 25.7 Å². The summed E-state index contributed by atoms with van der Waals surface area (Å²) in [6.07, 6.45) is 9.15. The second kappa shape index (κ2) is 15.5. The molecule has 0 aliphatic rings. The van der Waals surface area contributed by atoms with E-state index < -0.39 is 0 Å². The highest BCUT2D eigenvalue weighted by Crippen LogP contribution is 2.28. The Bertz CT molecular complexity index is 803. The molecule has 2 aromatic rings. The number of ether oxygens (including phenoxy) is 2. The summed E-state index contributed by atoms with van der Waals surface area (Å²) < 4.78 is 11.5. The van der Waals surface area contributed by atoms with E-state index in [0.717, 1.165) is 43.2 Å². The summed E-state index contributed by atoms with van der Waals surface area (Å²) in [5.41, 5.74) is 2.34. The zero-order chi connectivity index (χ0) is 23.9. The smallest absolute Gasteiger partial charge is 0.338 e. The van der Waals surface area contributed by atoms with Crippen LogP contribution < -0.4 is 4.74 Å². The van der Waals surface area contributed by atoms with Gasteiger partial charge in [0.05, 0.1) is 24.9 Å². The lowest BCUT2D eigenvalue weighted by molar-refractivity contribution is 0.0447. The van der Waals surface area contributed by atoms with Crippen LogP contribution in [0, 0.1) is 5.92 Å². The molecule has 0 aliphatic carbocycles. The quantitative estimate of drug-likeness (QED) is 0.211. The lowest BCUT2D eigenvalue weighted by Crippen LogP contribution is -2.13. The molecular weight excluding hydrogens is 412 g/mol. The molecule has 0 aliphatic heterocycles. The molecule has 4 heteroatoms. The van der Waals surface area contributed by atoms with Gasteiger partial charge in [-0.1, -0.05) is 89.6 Å². The molecular formula is C29H42O4. The largest absolute Gasteiger partial charge is 0.494 e. The molecule has 2 aromatic carbocycles. The molecule has 4 nitrogen and oxygen atoms in total. The van der Waals surface area contributed by atoms with Gasteiger partial charge in [0.2, 0.25) is 0 Å². The molecule has 0 spiro atoms. The van der Waals surface area contributed by atoms with Crippen molar-refractivity contribution in [2.45, 2.75) is 84.7 Å². The number of benzene rings is 2. The number of unbranched alkanes of at least 4 members (excludes halogenated alkanes) is 4. The molecule has 1 unspecified atom stereocenters. The molecule has 182 valence electrons. The van der Waals surface area contributed by atoms with Crippen LogP contribution in [-0.4, -0.2) is 30.4 Å². The lowest BCUT2D eigenvalue weighted by atomic mass is 9.99. The summed E-state index contributed by atoms with van der Waals surface area (Å²) in [4.78, 5) is 12.9. The van der Waals surface area contributed by atoms with Gasteiger partial charge in [-0.3, -0.25) is 0 Å². The van der Waals surface area contributed by atoms with Crippen LogP contribution in [0.15, 0.2) is 48.5 Å². The third-order valence-corrected chi connectivity index (χ3v) is 6.08. The van der Waals surface area contributed by atoms with E-state index in [9.17, 15) is 9.90 Å². The highest BCUT2D eigenvalue weighted by molar-refractivity contribution is 5.97. The number of aliphatic hydroxyl groups is 1.